The highest BCUT2D eigenvalue weighted by atomic mass is 16.2. The van der Waals surface area contributed by atoms with Gasteiger partial charge in [0, 0.05) is 25.3 Å². The summed E-state index contributed by atoms with van der Waals surface area (Å²) in [5.74, 6) is -0.428. The summed E-state index contributed by atoms with van der Waals surface area (Å²) in [5.41, 5.74) is 2.76. The number of hydrogen-bond donors (Lipinski definition) is 2. The quantitative estimate of drug-likeness (QED) is 0.760. The van der Waals surface area contributed by atoms with Gasteiger partial charge in [0.2, 0.25) is 0 Å². The number of nitrogens with two attached hydrogens (primary N) is 1. The lowest BCUT2D eigenvalue weighted by molar-refractivity contribution is -0.662. The van der Waals surface area contributed by atoms with E-state index >= 15 is 0 Å². The summed E-state index contributed by atoms with van der Waals surface area (Å²) in [6.45, 7) is 3.11. The average Bonchev–Trinajstić information content (AvgIpc) is 2.74. The second-order valence-corrected chi connectivity index (χ2v) is 7.02. The minimum atomic E-state index is -0.284. The fraction of sp³-hybridized carbons (Fsp3) is 0.273. The molecule has 3 rings (SSSR count). The van der Waals surface area contributed by atoms with Crippen LogP contribution in [0.15, 0.2) is 60.3 Å². The summed E-state index contributed by atoms with van der Waals surface area (Å²) in [6, 6.07) is 16.8. The van der Waals surface area contributed by atoms with Crippen molar-refractivity contribution >= 4 is 23.6 Å². The molecule has 2 aromatic rings. The van der Waals surface area contributed by atoms with E-state index in [1.807, 2.05) is 49.3 Å². The molecule has 28 heavy (non-hydrogen) atoms. The van der Waals surface area contributed by atoms with Gasteiger partial charge in [0.05, 0.1) is 26.2 Å². The summed E-state index contributed by atoms with van der Waals surface area (Å²) in [5, 5.41) is 5.02. The van der Waals surface area contributed by atoms with Gasteiger partial charge < -0.3 is 20.4 Å². The highest BCUT2D eigenvalue weighted by molar-refractivity contribution is 6.05. The number of amides is 2. The molecule has 0 saturated carbocycles. The van der Waals surface area contributed by atoms with Gasteiger partial charge in [-0.15, -0.1) is 0 Å². The van der Waals surface area contributed by atoms with Crippen LogP contribution in [0.2, 0.25) is 0 Å². The Labute approximate surface area is 165 Å². The van der Waals surface area contributed by atoms with E-state index < -0.39 is 0 Å². The highest BCUT2D eigenvalue weighted by Crippen LogP contribution is 2.15. The molecule has 146 valence electrons. The smallest absolute Gasteiger partial charge is 0.270 e. The van der Waals surface area contributed by atoms with Crippen molar-refractivity contribution in [2.75, 3.05) is 45.2 Å². The molecule has 1 aliphatic heterocycles. The number of carbonyl (C=O) groups is 2. The van der Waals surface area contributed by atoms with E-state index in [1.54, 1.807) is 35.2 Å². The first kappa shape index (κ1) is 19.6. The number of hydrogen-bond acceptors (Lipinski definition) is 3. The van der Waals surface area contributed by atoms with Crippen LogP contribution in [0.25, 0.3) is 6.08 Å². The number of piperazine rings is 1. The van der Waals surface area contributed by atoms with Gasteiger partial charge in [-0.1, -0.05) is 30.3 Å². The van der Waals surface area contributed by atoms with Crippen molar-refractivity contribution < 1.29 is 14.9 Å². The first-order valence-corrected chi connectivity index (χ1v) is 9.51. The van der Waals surface area contributed by atoms with E-state index in [4.69, 9.17) is 0 Å². The third-order valence-corrected chi connectivity index (χ3v) is 4.73. The minimum absolute atomic E-state index is 0.144. The Morgan fingerprint density at radius 1 is 1.00 bits per heavy atom. The number of rotatable bonds is 5. The van der Waals surface area contributed by atoms with Crippen molar-refractivity contribution in [3.05, 3.63) is 71.4 Å². The zero-order chi connectivity index (χ0) is 19.9. The van der Waals surface area contributed by atoms with Crippen LogP contribution >= 0.6 is 0 Å². The standard InChI is InChI=1S/C22H26N4O2/c1-25(2)19-10-8-17(9-11-19)16-20(22(28)26-14-12-23-13-15-26)24-21(27)18-6-4-3-5-7-18/h3-11,16,23H,12-15H2,1-2H3,(H,24,27)/p+1/b20-16-. The van der Waals surface area contributed by atoms with Crippen molar-refractivity contribution in [2.45, 2.75) is 0 Å². The fourth-order valence-electron chi connectivity index (χ4n) is 3.09. The average molecular weight is 379 g/mol. The molecule has 1 heterocycles. The van der Waals surface area contributed by atoms with Crippen LogP contribution in [-0.2, 0) is 4.79 Å². The van der Waals surface area contributed by atoms with Gasteiger partial charge in [-0.25, -0.2) is 0 Å². The molecule has 2 aromatic carbocycles. The molecule has 0 aromatic heterocycles. The van der Waals surface area contributed by atoms with Crippen molar-refractivity contribution in [2.24, 2.45) is 0 Å². The summed E-state index contributed by atoms with van der Waals surface area (Å²) in [7, 11) is 3.96. The highest BCUT2D eigenvalue weighted by Gasteiger charge is 2.23. The molecule has 0 spiro atoms. The number of benzene rings is 2. The first-order chi connectivity index (χ1) is 13.5. The van der Waals surface area contributed by atoms with E-state index in [9.17, 15) is 9.59 Å². The molecule has 0 atom stereocenters. The predicted octanol–water partition coefficient (Wildman–Crippen LogP) is 0.929. The van der Waals surface area contributed by atoms with Gasteiger partial charge in [0.1, 0.15) is 5.70 Å². The van der Waals surface area contributed by atoms with Gasteiger partial charge in [0.15, 0.2) is 0 Å². The lowest BCUT2D eigenvalue weighted by atomic mass is 10.1. The summed E-state index contributed by atoms with van der Waals surface area (Å²) < 4.78 is 0. The van der Waals surface area contributed by atoms with Gasteiger partial charge in [-0.3, -0.25) is 9.59 Å². The molecule has 3 N–H and O–H groups in total. The van der Waals surface area contributed by atoms with E-state index in [-0.39, 0.29) is 11.8 Å². The molecule has 1 fully saturated rings. The molecule has 6 heteroatoms. The number of carbonyl (C=O) groups excluding carboxylic acids is 2. The number of nitrogens with zero attached hydrogens (tertiary/aromatic N) is 2. The number of anilines is 1. The van der Waals surface area contributed by atoms with Crippen LogP contribution in [0.5, 0.6) is 0 Å². The lowest BCUT2D eigenvalue weighted by Gasteiger charge is -2.26. The molecular weight excluding hydrogens is 352 g/mol. The van der Waals surface area contributed by atoms with Crippen LogP contribution in [-0.4, -0.2) is 57.0 Å². The maximum atomic E-state index is 13.1. The first-order valence-electron chi connectivity index (χ1n) is 9.51. The second-order valence-electron chi connectivity index (χ2n) is 7.02. The topological polar surface area (TPSA) is 69.3 Å². The minimum Gasteiger partial charge on any atom is -0.378 e. The van der Waals surface area contributed by atoms with Crippen LogP contribution < -0.4 is 15.5 Å². The lowest BCUT2D eigenvalue weighted by Crippen LogP contribution is -2.90. The van der Waals surface area contributed by atoms with E-state index in [0.717, 1.165) is 24.3 Å². The van der Waals surface area contributed by atoms with Crippen molar-refractivity contribution in [1.29, 1.82) is 0 Å². The van der Waals surface area contributed by atoms with Crippen LogP contribution in [0.1, 0.15) is 15.9 Å². The predicted molar refractivity (Wildman–Crippen MR) is 111 cm³/mol. The second kappa shape index (κ2) is 9.19. The molecular formula is C22H27N4O2+. The van der Waals surface area contributed by atoms with Crippen LogP contribution in [0.3, 0.4) is 0 Å². The summed E-state index contributed by atoms with van der Waals surface area (Å²) in [4.78, 5) is 29.5. The molecule has 0 radical (unpaired) electrons. The monoisotopic (exact) mass is 379 g/mol. The SMILES string of the molecule is CN(C)c1ccc(/C=C(\NC(=O)c2ccccc2)C(=O)N2CC[NH2+]CC2)cc1. The van der Waals surface area contributed by atoms with E-state index in [1.165, 1.54) is 0 Å². The number of quaternary nitrogens is 1. The Bertz CT molecular complexity index is 839. The van der Waals surface area contributed by atoms with Crippen molar-refractivity contribution in [3.8, 4) is 0 Å². The molecule has 6 nitrogen and oxygen atoms in total. The van der Waals surface area contributed by atoms with Gasteiger partial charge >= 0.3 is 0 Å². The van der Waals surface area contributed by atoms with Gasteiger partial charge in [0.25, 0.3) is 11.8 Å². The van der Waals surface area contributed by atoms with Crippen molar-refractivity contribution in [3.63, 3.8) is 0 Å². The summed E-state index contributed by atoms with van der Waals surface area (Å²) in [6.07, 6.45) is 1.75. The maximum Gasteiger partial charge on any atom is 0.270 e. The third-order valence-electron chi connectivity index (χ3n) is 4.73. The molecule has 1 saturated heterocycles. The largest absolute Gasteiger partial charge is 0.378 e. The van der Waals surface area contributed by atoms with Crippen molar-refractivity contribution in [1.82, 2.24) is 10.2 Å². The Morgan fingerprint density at radius 2 is 1.64 bits per heavy atom. The Hall–Kier alpha value is -3.12. The molecule has 1 aliphatic rings. The third kappa shape index (κ3) is 4.98. The normalized spacial score (nSPS) is 14.5. The Kier molecular flexibility index (Phi) is 6.45. The Balaban J connectivity index is 1.86. The summed E-state index contributed by atoms with van der Waals surface area (Å²) >= 11 is 0. The molecule has 2 amide bonds. The zero-order valence-corrected chi connectivity index (χ0v) is 16.4. The van der Waals surface area contributed by atoms with Gasteiger partial charge in [-0.05, 0) is 35.9 Å². The maximum absolute atomic E-state index is 13.1. The zero-order valence-electron chi connectivity index (χ0n) is 16.4. The molecule has 0 bridgehead atoms. The molecule has 0 aliphatic carbocycles. The Morgan fingerprint density at radius 3 is 2.25 bits per heavy atom. The van der Waals surface area contributed by atoms with Crippen LogP contribution in [0.4, 0.5) is 5.69 Å². The number of nitrogens with one attached hydrogen (secondary N) is 1. The van der Waals surface area contributed by atoms with E-state index in [2.05, 4.69) is 10.6 Å². The van der Waals surface area contributed by atoms with Gasteiger partial charge in [-0.2, -0.15) is 0 Å². The van der Waals surface area contributed by atoms with Crippen LogP contribution in [0, 0.1) is 0 Å². The fourth-order valence-corrected chi connectivity index (χ4v) is 3.09. The molecule has 0 unspecified atom stereocenters. The van der Waals surface area contributed by atoms with E-state index in [0.29, 0.717) is 24.4 Å².